The van der Waals surface area contributed by atoms with Crippen LogP contribution >= 0.6 is 0 Å². The van der Waals surface area contributed by atoms with E-state index in [1.165, 1.54) is 5.56 Å². The van der Waals surface area contributed by atoms with Crippen LogP contribution in [0.2, 0.25) is 0 Å². The summed E-state index contributed by atoms with van der Waals surface area (Å²) in [7, 11) is 0. The number of nitrogens with zero attached hydrogens (tertiary/aromatic N) is 3. The van der Waals surface area contributed by atoms with Gasteiger partial charge in [-0.05, 0) is 39.7 Å². The lowest BCUT2D eigenvalue weighted by molar-refractivity contribution is -0.160. The van der Waals surface area contributed by atoms with Crippen LogP contribution < -0.4 is 0 Å². The molecule has 2 saturated heterocycles. The third kappa shape index (κ3) is 3.56. The molecule has 0 radical (unpaired) electrons. The third-order valence-corrected chi connectivity index (χ3v) is 5.06. The summed E-state index contributed by atoms with van der Waals surface area (Å²) in [6, 6.07) is 12.4. The molecule has 2 aliphatic rings. The van der Waals surface area contributed by atoms with E-state index in [-0.39, 0.29) is 18.2 Å². The number of rotatable bonds is 3. The van der Waals surface area contributed by atoms with Gasteiger partial charge in [-0.2, -0.15) is 5.26 Å². The highest BCUT2D eigenvalue weighted by Crippen LogP contribution is 2.45. The van der Waals surface area contributed by atoms with Gasteiger partial charge < -0.3 is 4.74 Å². The third-order valence-electron chi connectivity index (χ3n) is 5.06. The predicted octanol–water partition coefficient (Wildman–Crippen LogP) is 2.77. The Labute approximate surface area is 150 Å². The lowest BCUT2D eigenvalue weighted by atomic mass is 9.86. The van der Waals surface area contributed by atoms with E-state index in [1.807, 2.05) is 45.9 Å². The molecule has 2 aliphatic heterocycles. The van der Waals surface area contributed by atoms with Crippen LogP contribution in [-0.2, 0) is 16.1 Å². The van der Waals surface area contributed by atoms with Crippen molar-refractivity contribution in [2.24, 2.45) is 5.41 Å². The molecule has 3 atom stereocenters. The molecule has 2 fully saturated rings. The maximum atomic E-state index is 12.7. The number of carbonyl (C=O) groups excluding carboxylic acids is 1. The highest BCUT2D eigenvalue weighted by molar-refractivity contribution is 5.77. The van der Waals surface area contributed by atoms with Crippen molar-refractivity contribution in [2.75, 3.05) is 13.1 Å². The van der Waals surface area contributed by atoms with Gasteiger partial charge in [0, 0.05) is 19.6 Å². The number of hydrogen-bond donors (Lipinski definition) is 0. The molecule has 0 N–H and O–H groups in total. The van der Waals surface area contributed by atoms with E-state index in [0.717, 1.165) is 19.6 Å². The van der Waals surface area contributed by atoms with Crippen LogP contribution in [-0.4, -0.2) is 46.7 Å². The minimum absolute atomic E-state index is 0.0461. The van der Waals surface area contributed by atoms with Crippen molar-refractivity contribution in [3.63, 3.8) is 0 Å². The number of hydrogen-bond acceptors (Lipinski definition) is 5. The maximum Gasteiger partial charge on any atom is 0.323 e. The van der Waals surface area contributed by atoms with E-state index >= 15 is 0 Å². The molecule has 0 bridgehead atoms. The second kappa shape index (κ2) is 6.44. The van der Waals surface area contributed by atoms with Crippen molar-refractivity contribution in [1.82, 2.24) is 9.80 Å². The number of fused-ring (bicyclic) bond motifs is 1. The van der Waals surface area contributed by atoms with Gasteiger partial charge in [-0.15, -0.1) is 0 Å². The summed E-state index contributed by atoms with van der Waals surface area (Å²) in [5.41, 5.74) is 0.138. The monoisotopic (exact) mass is 341 g/mol. The van der Waals surface area contributed by atoms with Crippen molar-refractivity contribution in [3.05, 3.63) is 35.9 Å². The molecule has 1 aromatic rings. The predicted molar refractivity (Wildman–Crippen MR) is 95.3 cm³/mol. The van der Waals surface area contributed by atoms with Crippen LogP contribution in [0.3, 0.4) is 0 Å². The molecule has 134 valence electrons. The Bertz CT molecular complexity index is 676. The molecule has 0 aromatic heterocycles. The Balaban J connectivity index is 1.81. The Hall–Kier alpha value is -1.90. The Morgan fingerprint density at radius 3 is 2.60 bits per heavy atom. The van der Waals surface area contributed by atoms with Gasteiger partial charge >= 0.3 is 5.97 Å². The van der Waals surface area contributed by atoms with Crippen LogP contribution in [0.25, 0.3) is 0 Å². The summed E-state index contributed by atoms with van der Waals surface area (Å²) in [5, 5.41) is 9.83. The molecule has 0 saturated carbocycles. The van der Waals surface area contributed by atoms with Crippen molar-refractivity contribution >= 4 is 5.97 Å². The second-order valence-corrected chi connectivity index (χ2v) is 8.35. The standard InChI is InChI=1S/C20H27N3O2/c1-19(2,3)25-17(24)16-12-20(4,14-21)18-22(10-11-23(16)18)13-15-8-6-5-7-9-15/h5-9,16,18H,10-13H2,1-4H3. The lowest BCUT2D eigenvalue weighted by Crippen LogP contribution is -2.45. The molecule has 5 heteroatoms. The van der Waals surface area contributed by atoms with Crippen molar-refractivity contribution in [3.8, 4) is 6.07 Å². The Kier molecular flexibility index (Phi) is 4.61. The summed E-state index contributed by atoms with van der Waals surface area (Å²) in [6.07, 6.45) is 0.476. The maximum absolute atomic E-state index is 12.7. The van der Waals surface area contributed by atoms with Crippen molar-refractivity contribution in [1.29, 1.82) is 5.26 Å². The molecule has 3 rings (SSSR count). The minimum Gasteiger partial charge on any atom is -0.459 e. The topological polar surface area (TPSA) is 56.6 Å². The number of benzene rings is 1. The first kappa shape index (κ1) is 17.9. The van der Waals surface area contributed by atoms with Gasteiger partial charge in [0.15, 0.2) is 0 Å². The Morgan fingerprint density at radius 2 is 2.00 bits per heavy atom. The van der Waals surface area contributed by atoms with Gasteiger partial charge in [-0.1, -0.05) is 30.3 Å². The molecule has 0 aliphatic carbocycles. The average Bonchev–Trinajstić information content (AvgIpc) is 3.08. The van der Waals surface area contributed by atoms with Crippen molar-refractivity contribution in [2.45, 2.75) is 58.5 Å². The molecular formula is C20H27N3O2. The second-order valence-electron chi connectivity index (χ2n) is 8.35. The highest BCUT2D eigenvalue weighted by Gasteiger charge is 2.57. The van der Waals surface area contributed by atoms with Crippen LogP contribution in [0, 0.1) is 16.7 Å². The summed E-state index contributed by atoms with van der Waals surface area (Å²) in [5.74, 6) is -0.210. The van der Waals surface area contributed by atoms with Crippen LogP contribution in [0.1, 0.15) is 39.7 Å². The molecule has 5 nitrogen and oxygen atoms in total. The van der Waals surface area contributed by atoms with Gasteiger partial charge in [0.05, 0.1) is 17.6 Å². The van der Waals surface area contributed by atoms with E-state index in [0.29, 0.717) is 6.42 Å². The van der Waals surface area contributed by atoms with Gasteiger partial charge in [0.1, 0.15) is 11.6 Å². The normalized spacial score (nSPS) is 30.0. The first-order valence-corrected chi connectivity index (χ1v) is 8.91. The van der Waals surface area contributed by atoms with Crippen LogP contribution in [0.15, 0.2) is 30.3 Å². The molecule has 25 heavy (non-hydrogen) atoms. The van der Waals surface area contributed by atoms with Gasteiger partial charge in [0.25, 0.3) is 0 Å². The number of esters is 1. The first-order chi connectivity index (χ1) is 11.7. The SMILES string of the molecule is CC(C)(C)OC(=O)C1CC(C)(C#N)C2N(Cc3ccccc3)CCN12. The molecule has 3 unspecified atom stereocenters. The van der Waals surface area contributed by atoms with E-state index in [9.17, 15) is 10.1 Å². The molecular weight excluding hydrogens is 314 g/mol. The fourth-order valence-corrected chi connectivity index (χ4v) is 4.09. The number of ether oxygens (including phenoxy) is 1. The zero-order chi connectivity index (χ0) is 18.2. The molecule has 1 aromatic carbocycles. The quantitative estimate of drug-likeness (QED) is 0.791. The largest absolute Gasteiger partial charge is 0.459 e. The van der Waals surface area contributed by atoms with Gasteiger partial charge in [-0.3, -0.25) is 14.6 Å². The summed E-state index contributed by atoms with van der Waals surface area (Å²) >= 11 is 0. The average molecular weight is 341 g/mol. The highest BCUT2D eigenvalue weighted by atomic mass is 16.6. The zero-order valence-corrected chi connectivity index (χ0v) is 15.5. The zero-order valence-electron chi connectivity index (χ0n) is 15.5. The molecule has 0 amide bonds. The van der Waals surface area contributed by atoms with Crippen LogP contribution in [0.5, 0.6) is 0 Å². The summed E-state index contributed by atoms with van der Waals surface area (Å²) in [6.45, 7) is 10.1. The van der Waals surface area contributed by atoms with Crippen molar-refractivity contribution < 1.29 is 9.53 Å². The summed E-state index contributed by atoms with van der Waals surface area (Å²) in [4.78, 5) is 17.2. The number of carbonyl (C=O) groups is 1. The van der Waals surface area contributed by atoms with Gasteiger partial charge in [-0.25, -0.2) is 0 Å². The van der Waals surface area contributed by atoms with Gasteiger partial charge in [0.2, 0.25) is 0 Å². The van der Waals surface area contributed by atoms with E-state index in [2.05, 4.69) is 28.0 Å². The smallest absolute Gasteiger partial charge is 0.323 e. The van der Waals surface area contributed by atoms with E-state index in [1.54, 1.807) is 0 Å². The van der Waals surface area contributed by atoms with Crippen LogP contribution in [0.4, 0.5) is 0 Å². The fourth-order valence-electron chi connectivity index (χ4n) is 4.09. The Morgan fingerprint density at radius 1 is 1.32 bits per heavy atom. The first-order valence-electron chi connectivity index (χ1n) is 8.91. The molecule has 0 spiro atoms. The minimum atomic E-state index is -0.577. The molecule has 2 heterocycles. The lowest BCUT2D eigenvalue weighted by Gasteiger charge is -2.32. The summed E-state index contributed by atoms with van der Waals surface area (Å²) < 4.78 is 5.61. The fraction of sp³-hybridized carbons (Fsp3) is 0.600. The van der Waals surface area contributed by atoms with E-state index < -0.39 is 11.0 Å². The van der Waals surface area contributed by atoms with E-state index in [4.69, 9.17) is 4.74 Å². The number of nitriles is 1.